The lowest BCUT2D eigenvalue weighted by Gasteiger charge is -2.12. The normalized spacial score (nSPS) is 14.6. The fraction of sp³-hybridized carbons (Fsp3) is 0.333. The number of anilines is 1. The lowest BCUT2D eigenvalue weighted by Crippen LogP contribution is -2.12. The van der Waals surface area contributed by atoms with E-state index >= 15 is 0 Å². The molecule has 1 heterocycles. The zero-order chi connectivity index (χ0) is 16.1. The maximum Gasteiger partial charge on any atom is 0.248 e. The lowest BCUT2D eigenvalue weighted by atomic mass is 10.2. The summed E-state index contributed by atoms with van der Waals surface area (Å²) in [7, 11) is 0. The first kappa shape index (κ1) is 15.3. The molecule has 120 valence electrons. The molecule has 1 saturated carbocycles. The highest BCUT2D eigenvalue weighted by atomic mass is 16.5. The number of ether oxygens (including phenoxy) is 1. The average Bonchev–Trinajstić information content (AvgIpc) is 3.27. The zero-order valence-electron chi connectivity index (χ0n) is 13.2. The van der Waals surface area contributed by atoms with Gasteiger partial charge in [-0.1, -0.05) is 17.7 Å². The van der Waals surface area contributed by atoms with Gasteiger partial charge in [0, 0.05) is 18.5 Å². The zero-order valence-corrected chi connectivity index (χ0v) is 13.2. The van der Waals surface area contributed by atoms with Gasteiger partial charge >= 0.3 is 0 Å². The molecule has 1 aliphatic rings. The summed E-state index contributed by atoms with van der Waals surface area (Å²) >= 11 is 0. The summed E-state index contributed by atoms with van der Waals surface area (Å²) in [6.45, 7) is 3.24. The molecule has 23 heavy (non-hydrogen) atoms. The predicted octanol–water partition coefficient (Wildman–Crippen LogP) is 3.26. The number of hydrogen-bond acceptors (Lipinski definition) is 3. The second kappa shape index (κ2) is 7.13. The fourth-order valence-electron chi connectivity index (χ4n) is 2.41. The van der Waals surface area contributed by atoms with Gasteiger partial charge in [0.15, 0.2) is 0 Å². The largest absolute Gasteiger partial charge is 0.490 e. The van der Waals surface area contributed by atoms with E-state index in [0.717, 1.165) is 5.57 Å². The summed E-state index contributed by atoms with van der Waals surface area (Å²) in [6.07, 6.45) is 9.47. The predicted molar refractivity (Wildman–Crippen MR) is 89.3 cm³/mol. The van der Waals surface area contributed by atoms with Gasteiger partial charge in [0.05, 0.1) is 18.6 Å². The number of rotatable bonds is 7. The average molecular weight is 311 g/mol. The number of carbonyl (C=O) groups is 1. The van der Waals surface area contributed by atoms with Gasteiger partial charge < -0.3 is 14.6 Å². The summed E-state index contributed by atoms with van der Waals surface area (Å²) in [6, 6.07) is 7.50. The van der Waals surface area contributed by atoms with E-state index in [4.69, 9.17) is 4.74 Å². The van der Waals surface area contributed by atoms with Crippen molar-refractivity contribution in [3.63, 3.8) is 0 Å². The smallest absolute Gasteiger partial charge is 0.248 e. The first-order valence-electron chi connectivity index (χ1n) is 7.89. The number of benzene rings is 1. The maximum absolute atomic E-state index is 12.1. The molecule has 0 bridgehead atoms. The summed E-state index contributed by atoms with van der Waals surface area (Å²) in [5.41, 5.74) is 1.85. The molecule has 0 unspecified atom stereocenters. The van der Waals surface area contributed by atoms with Crippen LogP contribution < -0.4 is 10.1 Å². The van der Waals surface area contributed by atoms with E-state index in [-0.39, 0.29) is 5.91 Å². The van der Waals surface area contributed by atoms with Crippen molar-refractivity contribution in [2.45, 2.75) is 26.3 Å². The van der Waals surface area contributed by atoms with Crippen molar-refractivity contribution in [1.82, 2.24) is 9.55 Å². The standard InChI is InChI=1S/C18H21N3O2/c1-14(15-6-7-15)12-18(22)20-16-4-2-3-5-17(16)23-11-10-21-9-8-19-13-21/h2-5,8-9,12-13,15H,6-7,10-11H2,1H3,(H,20,22)/b14-12+. The summed E-state index contributed by atoms with van der Waals surface area (Å²) in [5.74, 6) is 1.18. The highest BCUT2D eigenvalue weighted by Gasteiger charge is 2.23. The van der Waals surface area contributed by atoms with Gasteiger partial charge in [0.1, 0.15) is 12.4 Å². The second-order valence-corrected chi connectivity index (χ2v) is 5.80. The second-order valence-electron chi connectivity index (χ2n) is 5.80. The van der Waals surface area contributed by atoms with Crippen LogP contribution in [-0.2, 0) is 11.3 Å². The Morgan fingerprint density at radius 2 is 2.26 bits per heavy atom. The SMILES string of the molecule is C/C(=C\C(=O)Nc1ccccc1OCCn1ccnc1)C1CC1. The van der Waals surface area contributed by atoms with Gasteiger partial charge in [-0.05, 0) is 37.8 Å². The molecule has 1 aromatic heterocycles. The number of para-hydroxylation sites is 2. The summed E-state index contributed by atoms with van der Waals surface area (Å²) in [5, 5.41) is 2.91. The van der Waals surface area contributed by atoms with Crippen molar-refractivity contribution in [3.05, 3.63) is 54.6 Å². The number of imidazole rings is 1. The molecule has 3 rings (SSSR count). The molecule has 2 aromatic rings. The van der Waals surface area contributed by atoms with Crippen LogP contribution in [0.15, 0.2) is 54.6 Å². The van der Waals surface area contributed by atoms with Crippen molar-refractivity contribution < 1.29 is 9.53 Å². The first-order chi connectivity index (χ1) is 11.2. The molecule has 0 spiro atoms. The number of amides is 1. The van der Waals surface area contributed by atoms with Gasteiger partial charge in [-0.2, -0.15) is 0 Å². The van der Waals surface area contributed by atoms with Crippen LogP contribution in [0.25, 0.3) is 0 Å². The quantitative estimate of drug-likeness (QED) is 0.799. The molecular formula is C18H21N3O2. The van der Waals surface area contributed by atoms with Crippen LogP contribution in [-0.4, -0.2) is 22.1 Å². The van der Waals surface area contributed by atoms with Gasteiger partial charge in [0.2, 0.25) is 5.91 Å². The Hall–Kier alpha value is -2.56. The molecular weight excluding hydrogens is 290 g/mol. The minimum atomic E-state index is -0.0972. The topological polar surface area (TPSA) is 56.1 Å². The van der Waals surface area contributed by atoms with E-state index in [1.54, 1.807) is 18.6 Å². The molecule has 5 heteroatoms. The first-order valence-corrected chi connectivity index (χ1v) is 7.89. The van der Waals surface area contributed by atoms with Gasteiger partial charge in [0.25, 0.3) is 0 Å². The molecule has 1 amide bonds. The van der Waals surface area contributed by atoms with Gasteiger partial charge in [-0.25, -0.2) is 4.98 Å². The van der Waals surface area contributed by atoms with Crippen LogP contribution in [0.1, 0.15) is 19.8 Å². The van der Waals surface area contributed by atoms with Crippen molar-refractivity contribution in [3.8, 4) is 5.75 Å². The maximum atomic E-state index is 12.1. The molecule has 1 N–H and O–H groups in total. The Bertz CT molecular complexity index is 688. The Labute approximate surface area is 136 Å². The van der Waals surface area contributed by atoms with Crippen molar-refractivity contribution >= 4 is 11.6 Å². The minimum absolute atomic E-state index is 0.0972. The van der Waals surface area contributed by atoms with Crippen LogP contribution in [0.2, 0.25) is 0 Å². The Balaban J connectivity index is 1.58. The van der Waals surface area contributed by atoms with Crippen LogP contribution in [0.5, 0.6) is 5.75 Å². The summed E-state index contributed by atoms with van der Waals surface area (Å²) in [4.78, 5) is 16.1. The Morgan fingerprint density at radius 3 is 3.00 bits per heavy atom. The molecule has 1 aromatic carbocycles. The van der Waals surface area contributed by atoms with Gasteiger partial charge in [-0.15, -0.1) is 0 Å². The molecule has 0 saturated heterocycles. The number of carbonyl (C=O) groups excluding carboxylic acids is 1. The fourth-order valence-corrected chi connectivity index (χ4v) is 2.41. The van der Waals surface area contributed by atoms with E-state index in [9.17, 15) is 4.79 Å². The van der Waals surface area contributed by atoms with E-state index in [0.29, 0.717) is 30.5 Å². The van der Waals surface area contributed by atoms with Crippen LogP contribution in [0.4, 0.5) is 5.69 Å². The number of hydrogen-bond donors (Lipinski definition) is 1. The monoisotopic (exact) mass is 311 g/mol. The highest BCUT2D eigenvalue weighted by Crippen LogP contribution is 2.36. The van der Waals surface area contributed by atoms with E-state index in [2.05, 4.69) is 10.3 Å². The van der Waals surface area contributed by atoms with Crippen molar-refractivity contribution in [2.24, 2.45) is 5.92 Å². The van der Waals surface area contributed by atoms with Gasteiger partial charge in [-0.3, -0.25) is 4.79 Å². The lowest BCUT2D eigenvalue weighted by molar-refractivity contribution is -0.112. The molecule has 1 aliphatic carbocycles. The van der Waals surface area contributed by atoms with E-state index in [1.807, 2.05) is 42.0 Å². The van der Waals surface area contributed by atoms with Crippen LogP contribution in [0, 0.1) is 5.92 Å². The third kappa shape index (κ3) is 4.45. The third-order valence-electron chi connectivity index (χ3n) is 3.89. The van der Waals surface area contributed by atoms with Crippen molar-refractivity contribution in [2.75, 3.05) is 11.9 Å². The van der Waals surface area contributed by atoms with Crippen LogP contribution in [0.3, 0.4) is 0 Å². The van der Waals surface area contributed by atoms with Crippen molar-refractivity contribution in [1.29, 1.82) is 0 Å². The third-order valence-corrected chi connectivity index (χ3v) is 3.89. The number of nitrogens with zero attached hydrogens (tertiary/aromatic N) is 2. The van der Waals surface area contributed by atoms with Crippen LogP contribution >= 0.6 is 0 Å². The molecule has 0 radical (unpaired) electrons. The molecule has 1 fully saturated rings. The molecule has 0 atom stereocenters. The Morgan fingerprint density at radius 1 is 1.43 bits per heavy atom. The number of allylic oxidation sites excluding steroid dienone is 1. The number of aromatic nitrogens is 2. The minimum Gasteiger partial charge on any atom is -0.490 e. The molecule has 0 aliphatic heterocycles. The summed E-state index contributed by atoms with van der Waals surface area (Å²) < 4.78 is 7.74. The van der Waals surface area contributed by atoms with E-state index in [1.165, 1.54) is 12.8 Å². The number of nitrogens with one attached hydrogen (secondary N) is 1. The van der Waals surface area contributed by atoms with E-state index < -0.39 is 0 Å². The highest BCUT2D eigenvalue weighted by molar-refractivity contribution is 6.00. The molecule has 5 nitrogen and oxygen atoms in total. The Kier molecular flexibility index (Phi) is 4.76.